The number of amides is 1. The molecule has 1 aliphatic rings. The molecule has 30 heavy (non-hydrogen) atoms. The van der Waals surface area contributed by atoms with E-state index >= 15 is 0 Å². The number of hydrogen-bond donors (Lipinski definition) is 1. The van der Waals surface area contributed by atoms with E-state index in [4.69, 9.17) is 21.7 Å². The number of phenolic OH excluding ortho intramolecular Hbond substituents is 1. The van der Waals surface area contributed by atoms with E-state index in [1.807, 2.05) is 48.2 Å². The van der Waals surface area contributed by atoms with E-state index in [9.17, 15) is 9.90 Å². The van der Waals surface area contributed by atoms with Gasteiger partial charge in [-0.15, -0.1) is 0 Å². The van der Waals surface area contributed by atoms with Gasteiger partial charge in [0.15, 0.2) is 5.11 Å². The van der Waals surface area contributed by atoms with Crippen molar-refractivity contribution >= 4 is 34.6 Å². The van der Waals surface area contributed by atoms with Gasteiger partial charge in [-0.2, -0.15) is 0 Å². The van der Waals surface area contributed by atoms with Gasteiger partial charge in [0.1, 0.15) is 29.0 Å². The van der Waals surface area contributed by atoms with Crippen molar-refractivity contribution in [2.45, 2.75) is 13.0 Å². The van der Waals surface area contributed by atoms with Crippen molar-refractivity contribution in [3.05, 3.63) is 72.8 Å². The zero-order valence-electron chi connectivity index (χ0n) is 16.5. The quantitative estimate of drug-likeness (QED) is 0.603. The summed E-state index contributed by atoms with van der Waals surface area (Å²) in [6.07, 6.45) is 0. The van der Waals surface area contributed by atoms with Crippen molar-refractivity contribution in [3.8, 4) is 23.0 Å². The number of anilines is 2. The number of hydrogen-bond acceptors (Lipinski definition) is 5. The largest absolute Gasteiger partial charge is 0.508 e. The molecule has 1 unspecified atom stereocenters. The summed E-state index contributed by atoms with van der Waals surface area (Å²) in [7, 11) is 1.60. The van der Waals surface area contributed by atoms with Crippen LogP contribution in [0.5, 0.6) is 23.0 Å². The van der Waals surface area contributed by atoms with E-state index < -0.39 is 6.04 Å². The highest BCUT2D eigenvalue weighted by Crippen LogP contribution is 2.32. The summed E-state index contributed by atoms with van der Waals surface area (Å²) >= 11 is 5.64. The number of aromatic hydroxyl groups is 1. The Morgan fingerprint density at radius 3 is 1.90 bits per heavy atom. The Bertz CT molecular complexity index is 1070. The lowest BCUT2D eigenvalue weighted by Crippen LogP contribution is -2.33. The maximum absolute atomic E-state index is 12.9. The number of rotatable bonds is 5. The zero-order chi connectivity index (χ0) is 21.3. The van der Waals surface area contributed by atoms with Crippen molar-refractivity contribution in [1.29, 1.82) is 0 Å². The van der Waals surface area contributed by atoms with Crippen LogP contribution in [0.15, 0.2) is 72.8 Å². The number of benzene rings is 3. The Morgan fingerprint density at radius 1 is 0.833 bits per heavy atom. The molecule has 1 N–H and O–H groups in total. The third-order valence-corrected chi connectivity index (χ3v) is 5.26. The highest BCUT2D eigenvalue weighted by molar-refractivity contribution is 7.81. The fraction of sp³-hybridized carbons (Fsp3) is 0.130. The van der Waals surface area contributed by atoms with Crippen molar-refractivity contribution in [2.75, 3.05) is 16.9 Å². The molecule has 1 heterocycles. The minimum atomic E-state index is -0.427. The van der Waals surface area contributed by atoms with Gasteiger partial charge in [-0.3, -0.25) is 9.69 Å². The summed E-state index contributed by atoms with van der Waals surface area (Å²) in [6.45, 7) is 1.83. The molecule has 0 saturated carbocycles. The molecule has 0 radical (unpaired) electrons. The first-order chi connectivity index (χ1) is 14.5. The van der Waals surface area contributed by atoms with E-state index in [0.29, 0.717) is 28.0 Å². The van der Waals surface area contributed by atoms with Gasteiger partial charge in [0.05, 0.1) is 12.8 Å². The number of carbonyl (C=O) groups excluding carboxylic acids is 1. The molecule has 3 aromatic rings. The highest BCUT2D eigenvalue weighted by atomic mass is 32.1. The standard InChI is InChI=1S/C23H20N2O4S/c1-15-22(27)25(17-3-9-19(28-2)10-4-17)23(30)24(15)16-5-11-20(12-6-16)29-21-13-7-18(26)8-14-21/h3-15,26H,1-2H3. The number of nitrogens with zero attached hydrogens (tertiary/aromatic N) is 2. The van der Waals surface area contributed by atoms with Crippen LogP contribution in [0, 0.1) is 0 Å². The lowest BCUT2D eigenvalue weighted by atomic mass is 10.2. The minimum Gasteiger partial charge on any atom is -0.508 e. The molecule has 1 saturated heterocycles. The monoisotopic (exact) mass is 420 g/mol. The predicted molar refractivity (Wildman–Crippen MR) is 120 cm³/mol. The molecule has 0 spiro atoms. The smallest absolute Gasteiger partial charge is 0.256 e. The molecular weight excluding hydrogens is 400 g/mol. The Kier molecular flexibility index (Phi) is 5.29. The van der Waals surface area contributed by atoms with Crippen LogP contribution in [0.3, 0.4) is 0 Å². The van der Waals surface area contributed by atoms with Crippen LogP contribution in [-0.2, 0) is 4.79 Å². The van der Waals surface area contributed by atoms with E-state index in [0.717, 1.165) is 5.69 Å². The fourth-order valence-electron chi connectivity index (χ4n) is 3.29. The van der Waals surface area contributed by atoms with Gasteiger partial charge in [-0.05, 0) is 91.9 Å². The Labute approximate surface area is 179 Å². The second kappa shape index (κ2) is 8.04. The van der Waals surface area contributed by atoms with Crippen LogP contribution in [0.25, 0.3) is 0 Å². The summed E-state index contributed by atoms with van der Waals surface area (Å²) in [5, 5.41) is 9.79. The number of ether oxygens (including phenoxy) is 2. The molecule has 1 atom stereocenters. The molecular formula is C23H20N2O4S. The average Bonchev–Trinajstić information content (AvgIpc) is 2.99. The first-order valence-electron chi connectivity index (χ1n) is 9.36. The molecule has 7 heteroatoms. The fourth-order valence-corrected chi connectivity index (χ4v) is 3.75. The number of phenols is 1. The molecule has 3 aromatic carbocycles. The van der Waals surface area contributed by atoms with E-state index in [1.54, 1.807) is 48.4 Å². The van der Waals surface area contributed by atoms with Gasteiger partial charge < -0.3 is 19.5 Å². The van der Waals surface area contributed by atoms with Gasteiger partial charge >= 0.3 is 0 Å². The lowest BCUT2D eigenvalue weighted by Gasteiger charge is -2.22. The summed E-state index contributed by atoms with van der Waals surface area (Å²) < 4.78 is 11.0. The third kappa shape index (κ3) is 3.67. The maximum Gasteiger partial charge on any atom is 0.256 e. The molecule has 0 aliphatic carbocycles. The van der Waals surface area contributed by atoms with Gasteiger partial charge in [0.25, 0.3) is 5.91 Å². The Hall–Kier alpha value is -3.58. The summed E-state index contributed by atoms with van der Waals surface area (Å²) in [4.78, 5) is 16.3. The van der Waals surface area contributed by atoms with Crippen molar-refractivity contribution in [3.63, 3.8) is 0 Å². The number of methoxy groups -OCH3 is 1. The first-order valence-corrected chi connectivity index (χ1v) is 9.77. The van der Waals surface area contributed by atoms with Crippen LogP contribution in [0.1, 0.15) is 6.92 Å². The van der Waals surface area contributed by atoms with Crippen LogP contribution in [-0.4, -0.2) is 29.3 Å². The van der Waals surface area contributed by atoms with Gasteiger partial charge in [0, 0.05) is 5.69 Å². The van der Waals surface area contributed by atoms with E-state index in [2.05, 4.69) is 0 Å². The Morgan fingerprint density at radius 2 is 1.33 bits per heavy atom. The Balaban J connectivity index is 1.54. The topological polar surface area (TPSA) is 62.2 Å². The molecule has 1 amide bonds. The van der Waals surface area contributed by atoms with Crippen LogP contribution in [0.4, 0.5) is 11.4 Å². The average molecular weight is 420 g/mol. The number of carbonyl (C=O) groups is 1. The second-order valence-electron chi connectivity index (χ2n) is 6.79. The third-order valence-electron chi connectivity index (χ3n) is 4.88. The van der Waals surface area contributed by atoms with Gasteiger partial charge in [-0.1, -0.05) is 0 Å². The number of thiocarbonyl (C=S) groups is 1. The lowest BCUT2D eigenvalue weighted by molar-refractivity contribution is -0.117. The molecule has 152 valence electrons. The van der Waals surface area contributed by atoms with Crippen LogP contribution < -0.4 is 19.3 Å². The normalized spacial score (nSPS) is 16.1. The summed E-state index contributed by atoms with van der Waals surface area (Å²) in [5.74, 6) is 2.06. The van der Waals surface area contributed by atoms with E-state index in [1.165, 1.54) is 0 Å². The predicted octanol–water partition coefficient (Wildman–Crippen LogP) is 4.72. The van der Waals surface area contributed by atoms with Crippen LogP contribution in [0.2, 0.25) is 0 Å². The maximum atomic E-state index is 12.9. The molecule has 1 aliphatic heterocycles. The SMILES string of the molecule is COc1ccc(N2C(=O)C(C)N(c3ccc(Oc4ccc(O)cc4)cc3)C2=S)cc1. The van der Waals surface area contributed by atoms with Crippen molar-refractivity contribution < 1.29 is 19.4 Å². The second-order valence-corrected chi connectivity index (χ2v) is 7.16. The highest BCUT2D eigenvalue weighted by Gasteiger charge is 2.41. The van der Waals surface area contributed by atoms with Crippen molar-refractivity contribution in [2.24, 2.45) is 0 Å². The van der Waals surface area contributed by atoms with Crippen molar-refractivity contribution in [1.82, 2.24) is 0 Å². The summed E-state index contributed by atoms with van der Waals surface area (Å²) in [6, 6.07) is 20.7. The summed E-state index contributed by atoms with van der Waals surface area (Å²) in [5.41, 5.74) is 1.50. The first kappa shape index (κ1) is 19.7. The molecule has 0 aromatic heterocycles. The van der Waals surface area contributed by atoms with E-state index in [-0.39, 0.29) is 11.7 Å². The molecule has 0 bridgehead atoms. The zero-order valence-corrected chi connectivity index (χ0v) is 17.3. The molecule has 6 nitrogen and oxygen atoms in total. The molecule has 1 fully saturated rings. The minimum absolute atomic E-state index is 0.0883. The van der Waals surface area contributed by atoms with Gasteiger partial charge in [-0.25, -0.2) is 0 Å². The van der Waals surface area contributed by atoms with Gasteiger partial charge in [0.2, 0.25) is 0 Å². The van der Waals surface area contributed by atoms with Crippen LogP contribution >= 0.6 is 12.2 Å². The molecule has 4 rings (SSSR count).